The van der Waals surface area contributed by atoms with Crippen molar-refractivity contribution < 1.29 is 9.53 Å². The van der Waals surface area contributed by atoms with Gasteiger partial charge in [-0.3, -0.25) is 14.8 Å². The molecule has 1 aromatic heterocycles. The van der Waals surface area contributed by atoms with E-state index in [1.807, 2.05) is 18.2 Å². The fraction of sp³-hybridized carbons (Fsp3) is 0.438. The van der Waals surface area contributed by atoms with Crippen molar-refractivity contribution in [3.8, 4) is 0 Å². The Kier molecular flexibility index (Phi) is 5.33. The molecule has 1 aliphatic heterocycles. The van der Waals surface area contributed by atoms with Gasteiger partial charge in [0.25, 0.3) is 0 Å². The van der Waals surface area contributed by atoms with Crippen molar-refractivity contribution >= 4 is 5.91 Å². The van der Waals surface area contributed by atoms with Gasteiger partial charge in [-0.2, -0.15) is 5.10 Å². The Balaban J connectivity index is 1.44. The standard InChI is InChI=1S/C16H21N5O2/c22-16(17-7-6-15-18-12-19-20-15)14-11-21(8-9-23-14)10-13-4-2-1-3-5-13/h1-5,12,14H,6-11H2,(H,17,22)(H,18,19,20)/t14-/m0/s1. The number of hydrogen-bond donors (Lipinski definition) is 2. The topological polar surface area (TPSA) is 83.1 Å². The van der Waals surface area contributed by atoms with Gasteiger partial charge in [-0.1, -0.05) is 30.3 Å². The molecule has 1 atom stereocenters. The van der Waals surface area contributed by atoms with E-state index in [1.165, 1.54) is 11.9 Å². The molecular weight excluding hydrogens is 294 g/mol. The van der Waals surface area contributed by atoms with Crippen LogP contribution >= 0.6 is 0 Å². The summed E-state index contributed by atoms with van der Waals surface area (Å²) < 4.78 is 5.61. The third kappa shape index (κ3) is 4.61. The van der Waals surface area contributed by atoms with E-state index >= 15 is 0 Å². The van der Waals surface area contributed by atoms with Crippen molar-refractivity contribution in [3.63, 3.8) is 0 Å². The molecule has 7 nitrogen and oxygen atoms in total. The van der Waals surface area contributed by atoms with Crippen LogP contribution < -0.4 is 5.32 Å². The van der Waals surface area contributed by atoms with Crippen LogP contribution in [0.5, 0.6) is 0 Å². The SMILES string of the molecule is O=C(NCCc1ncn[nH]1)[C@@H]1CN(Cc2ccccc2)CCO1. The molecule has 2 aromatic rings. The summed E-state index contributed by atoms with van der Waals surface area (Å²) in [6.45, 7) is 3.39. The van der Waals surface area contributed by atoms with Crippen molar-refractivity contribution in [2.24, 2.45) is 0 Å². The zero-order chi connectivity index (χ0) is 15.9. The van der Waals surface area contributed by atoms with E-state index in [9.17, 15) is 4.79 Å². The number of carbonyl (C=O) groups is 1. The molecule has 0 unspecified atom stereocenters. The summed E-state index contributed by atoms with van der Waals surface area (Å²) in [7, 11) is 0. The number of morpholine rings is 1. The predicted octanol–water partition coefficient (Wildman–Crippen LogP) is 0.364. The maximum Gasteiger partial charge on any atom is 0.250 e. The summed E-state index contributed by atoms with van der Waals surface area (Å²) in [6, 6.07) is 10.3. The summed E-state index contributed by atoms with van der Waals surface area (Å²) in [5, 5.41) is 9.45. The minimum Gasteiger partial charge on any atom is -0.366 e. The van der Waals surface area contributed by atoms with E-state index in [0.29, 0.717) is 26.1 Å². The van der Waals surface area contributed by atoms with Crippen LogP contribution in [0.1, 0.15) is 11.4 Å². The van der Waals surface area contributed by atoms with Crippen LogP contribution in [0.3, 0.4) is 0 Å². The molecule has 0 aliphatic carbocycles. The van der Waals surface area contributed by atoms with Crippen molar-refractivity contribution in [1.82, 2.24) is 25.4 Å². The molecule has 1 amide bonds. The van der Waals surface area contributed by atoms with E-state index in [1.54, 1.807) is 0 Å². The number of ether oxygens (including phenoxy) is 1. The number of aromatic nitrogens is 3. The molecular formula is C16H21N5O2. The molecule has 7 heteroatoms. The average molecular weight is 315 g/mol. The lowest BCUT2D eigenvalue weighted by Crippen LogP contribution is -2.49. The van der Waals surface area contributed by atoms with Crippen LogP contribution in [0.15, 0.2) is 36.7 Å². The number of aromatic amines is 1. The van der Waals surface area contributed by atoms with Gasteiger partial charge in [0.1, 0.15) is 18.3 Å². The van der Waals surface area contributed by atoms with E-state index in [4.69, 9.17) is 4.74 Å². The number of hydrogen-bond acceptors (Lipinski definition) is 5. The molecule has 122 valence electrons. The molecule has 1 aliphatic rings. The van der Waals surface area contributed by atoms with Crippen LogP contribution in [0.4, 0.5) is 0 Å². The number of carbonyl (C=O) groups excluding carboxylic acids is 1. The van der Waals surface area contributed by atoms with Gasteiger partial charge in [0.05, 0.1) is 6.61 Å². The zero-order valence-electron chi connectivity index (χ0n) is 12.9. The monoisotopic (exact) mass is 315 g/mol. The highest BCUT2D eigenvalue weighted by atomic mass is 16.5. The second-order valence-corrected chi connectivity index (χ2v) is 5.55. The minimum absolute atomic E-state index is 0.0673. The van der Waals surface area contributed by atoms with Crippen LogP contribution in [-0.2, 0) is 22.5 Å². The van der Waals surface area contributed by atoms with Gasteiger partial charge in [0.2, 0.25) is 5.91 Å². The fourth-order valence-electron chi connectivity index (χ4n) is 2.62. The molecule has 1 fully saturated rings. The Morgan fingerprint density at radius 1 is 1.39 bits per heavy atom. The third-order valence-electron chi connectivity index (χ3n) is 3.82. The Bertz CT molecular complexity index is 602. The highest BCUT2D eigenvalue weighted by Gasteiger charge is 2.26. The first-order chi connectivity index (χ1) is 11.3. The summed E-state index contributed by atoms with van der Waals surface area (Å²) in [5.74, 6) is 0.697. The largest absolute Gasteiger partial charge is 0.366 e. The molecule has 2 N–H and O–H groups in total. The van der Waals surface area contributed by atoms with Gasteiger partial charge in [0.15, 0.2) is 0 Å². The van der Waals surface area contributed by atoms with E-state index < -0.39 is 6.10 Å². The number of H-pyrrole nitrogens is 1. The first kappa shape index (κ1) is 15.6. The third-order valence-corrected chi connectivity index (χ3v) is 3.82. The number of benzene rings is 1. The summed E-state index contributed by atoms with van der Waals surface area (Å²) in [6.07, 6.45) is 1.68. The molecule has 1 aromatic carbocycles. The maximum atomic E-state index is 12.2. The molecule has 0 radical (unpaired) electrons. The summed E-state index contributed by atoms with van der Waals surface area (Å²) >= 11 is 0. The Labute approximate surface area is 135 Å². The molecule has 23 heavy (non-hydrogen) atoms. The van der Waals surface area contributed by atoms with Crippen LogP contribution in [0.25, 0.3) is 0 Å². The molecule has 1 saturated heterocycles. The normalized spacial score (nSPS) is 18.7. The molecule has 2 heterocycles. The number of rotatable bonds is 6. The molecule has 3 rings (SSSR count). The fourth-order valence-corrected chi connectivity index (χ4v) is 2.62. The number of nitrogens with one attached hydrogen (secondary N) is 2. The van der Waals surface area contributed by atoms with Crippen molar-refractivity contribution in [2.75, 3.05) is 26.2 Å². The lowest BCUT2D eigenvalue weighted by atomic mass is 10.2. The molecule has 0 bridgehead atoms. The Morgan fingerprint density at radius 3 is 3.04 bits per heavy atom. The number of nitrogens with zero attached hydrogens (tertiary/aromatic N) is 3. The van der Waals surface area contributed by atoms with E-state index in [2.05, 4.69) is 37.5 Å². The average Bonchev–Trinajstić information content (AvgIpc) is 3.09. The van der Waals surface area contributed by atoms with E-state index in [-0.39, 0.29) is 5.91 Å². The summed E-state index contributed by atoms with van der Waals surface area (Å²) in [4.78, 5) is 18.5. The van der Waals surface area contributed by atoms with Gasteiger partial charge >= 0.3 is 0 Å². The van der Waals surface area contributed by atoms with Crippen molar-refractivity contribution in [1.29, 1.82) is 0 Å². The minimum atomic E-state index is -0.415. The predicted molar refractivity (Wildman–Crippen MR) is 84.6 cm³/mol. The lowest BCUT2D eigenvalue weighted by molar-refractivity contribution is -0.138. The first-order valence-electron chi connectivity index (χ1n) is 7.81. The number of amides is 1. The van der Waals surface area contributed by atoms with Gasteiger partial charge < -0.3 is 10.1 Å². The van der Waals surface area contributed by atoms with Crippen molar-refractivity contribution in [2.45, 2.75) is 19.1 Å². The second kappa shape index (κ2) is 7.85. The molecule has 0 saturated carbocycles. The highest BCUT2D eigenvalue weighted by Crippen LogP contribution is 2.10. The lowest BCUT2D eigenvalue weighted by Gasteiger charge is -2.32. The van der Waals surface area contributed by atoms with Crippen LogP contribution in [-0.4, -0.2) is 58.3 Å². The van der Waals surface area contributed by atoms with E-state index in [0.717, 1.165) is 18.9 Å². The zero-order valence-corrected chi connectivity index (χ0v) is 12.9. The quantitative estimate of drug-likeness (QED) is 0.804. The van der Waals surface area contributed by atoms with Crippen molar-refractivity contribution in [3.05, 3.63) is 48.0 Å². The van der Waals surface area contributed by atoms with Crippen LogP contribution in [0.2, 0.25) is 0 Å². The van der Waals surface area contributed by atoms with Gasteiger partial charge in [0, 0.05) is 32.6 Å². The Hall–Kier alpha value is -2.25. The van der Waals surface area contributed by atoms with Gasteiger partial charge in [-0.05, 0) is 5.56 Å². The van der Waals surface area contributed by atoms with Gasteiger partial charge in [-0.15, -0.1) is 0 Å². The second-order valence-electron chi connectivity index (χ2n) is 5.55. The van der Waals surface area contributed by atoms with Crippen LogP contribution in [0, 0.1) is 0 Å². The highest BCUT2D eigenvalue weighted by molar-refractivity contribution is 5.81. The molecule has 0 spiro atoms. The first-order valence-corrected chi connectivity index (χ1v) is 7.81. The maximum absolute atomic E-state index is 12.2. The van der Waals surface area contributed by atoms with Gasteiger partial charge in [-0.25, -0.2) is 4.98 Å². The smallest absolute Gasteiger partial charge is 0.250 e. The summed E-state index contributed by atoms with van der Waals surface area (Å²) in [5.41, 5.74) is 1.25. The Morgan fingerprint density at radius 2 is 2.26 bits per heavy atom.